The maximum absolute atomic E-state index is 10.6. The minimum atomic E-state index is -0.618. The molecule has 0 heterocycles. The van der Waals surface area contributed by atoms with Crippen LogP contribution >= 0.6 is 0 Å². The van der Waals surface area contributed by atoms with Gasteiger partial charge in [0.15, 0.2) is 0 Å². The predicted octanol–water partition coefficient (Wildman–Crippen LogP) is 2.44. The first-order valence-electron chi connectivity index (χ1n) is 5.87. The van der Waals surface area contributed by atoms with Crippen molar-refractivity contribution in [3.8, 4) is 0 Å². The number of nitrogens with one attached hydrogen (secondary N) is 1. The second-order valence-corrected chi connectivity index (χ2v) is 3.92. The minimum absolute atomic E-state index is 0.618. The van der Waals surface area contributed by atoms with Gasteiger partial charge in [0.25, 0.3) is 0 Å². The van der Waals surface area contributed by atoms with Crippen LogP contribution in [0, 0.1) is 0 Å². The Morgan fingerprint density at radius 3 is 2.65 bits per heavy atom. The van der Waals surface area contributed by atoms with E-state index in [0.29, 0.717) is 0 Å². The molecule has 2 amide bonds. The summed E-state index contributed by atoms with van der Waals surface area (Å²) in [5.74, 6) is 0. The molecule has 0 unspecified atom stereocenters. The Morgan fingerprint density at radius 2 is 2.06 bits per heavy atom. The molecule has 17 heavy (non-hydrogen) atoms. The van der Waals surface area contributed by atoms with E-state index in [2.05, 4.69) is 17.5 Å². The second kappa shape index (κ2) is 7.44. The van der Waals surface area contributed by atoms with Gasteiger partial charge in [-0.25, -0.2) is 10.2 Å². The number of carbonyl (C=O) groups is 1. The van der Waals surface area contributed by atoms with E-state index >= 15 is 0 Å². The van der Waals surface area contributed by atoms with Crippen LogP contribution in [0.2, 0.25) is 0 Å². The van der Waals surface area contributed by atoms with Crippen molar-refractivity contribution >= 4 is 11.7 Å². The van der Waals surface area contributed by atoms with E-state index in [1.165, 1.54) is 5.56 Å². The number of nitrogens with zero attached hydrogens (tertiary/aromatic N) is 1. The fourth-order valence-corrected chi connectivity index (χ4v) is 1.53. The lowest BCUT2D eigenvalue weighted by atomic mass is 10.0. The Kier molecular flexibility index (Phi) is 5.79. The fourth-order valence-electron chi connectivity index (χ4n) is 1.53. The van der Waals surface area contributed by atoms with Gasteiger partial charge in [-0.05, 0) is 18.4 Å². The lowest BCUT2D eigenvalue weighted by Gasteiger charge is -2.06. The topological polar surface area (TPSA) is 67.5 Å². The van der Waals surface area contributed by atoms with Crippen LogP contribution in [-0.2, 0) is 6.42 Å². The summed E-state index contributed by atoms with van der Waals surface area (Å²) in [7, 11) is 0. The molecule has 92 valence electrons. The van der Waals surface area contributed by atoms with Crippen molar-refractivity contribution in [2.24, 2.45) is 10.8 Å². The molecule has 0 fully saturated rings. The van der Waals surface area contributed by atoms with Gasteiger partial charge in [0.05, 0.1) is 0 Å². The first-order valence-corrected chi connectivity index (χ1v) is 5.87. The zero-order valence-corrected chi connectivity index (χ0v) is 10.1. The smallest absolute Gasteiger partial charge is 0.332 e. The Balaban J connectivity index is 2.63. The third-order valence-corrected chi connectivity index (χ3v) is 2.39. The van der Waals surface area contributed by atoms with Crippen molar-refractivity contribution in [2.45, 2.75) is 32.6 Å². The molecular weight excluding hydrogens is 214 g/mol. The van der Waals surface area contributed by atoms with E-state index in [0.717, 1.165) is 31.4 Å². The highest BCUT2D eigenvalue weighted by Gasteiger charge is 2.02. The molecule has 4 nitrogen and oxygen atoms in total. The molecule has 1 rings (SSSR count). The number of unbranched alkanes of at least 4 members (excludes halogenated alkanes) is 1. The van der Waals surface area contributed by atoms with Gasteiger partial charge in [-0.1, -0.05) is 43.7 Å². The molecular formula is C13H19N3O. The molecule has 0 bridgehead atoms. The quantitative estimate of drug-likeness (QED) is 0.575. The first kappa shape index (κ1) is 13.2. The Morgan fingerprint density at radius 1 is 1.35 bits per heavy atom. The Labute approximate surface area is 102 Å². The summed E-state index contributed by atoms with van der Waals surface area (Å²) in [6.45, 7) is 2.13. The monoisotopic (exact) mass is 233 g/mol. The maximum atomic E-state index is 10.6. The maximum Gasteiger partial charge on any atom is 0.332 e. The zero-order chi connectivity index (χ0) is 12.5. The zero-order valence-electron chi connectivity index (χ0n) is 10.1. The molecule has 1 aromatic rings. The van der Waals surface area contributed by atoms with Gasteiger partial charge >= 0.3 is 6.03 Å². The van der Waals surface area contributed by atoms with Gasteiger partial charge in [0.1, 0.15) is 0 Å². The van der Waals surface area contributed by atoms with Crippen molar-refractivity contribution in [2.75, 3.05) is 0 Å². The van der Waals surface area contributed by atoms with E-state index in [4.69, 9.17) is 5.73 Å². The third-order valence-electron chi connectivity index (χ3n) is 2.39. The number of amides is 2. The van der Waals surface area contributed by atoms with Crippen LogP contribution in [0.25, 0.3) is 0 Å². The molecule has 0 radical (unpaired) electrons. The van der Waals surface area contributed by atoms with Crippen molar-refractivity contribution in [1.82, 2.24) is 5.43 Å². The summed E-state index contributed by atoms with van der Waals surface area (Å²) in [6, 6.07) is 9.45. The van der Waals surface area contributed by atoms with Gasteiger partial charge in [0, 0.05) is 12.1 Å². The van der Waals surface area contributed by atoms with Crippen LogP contribution in [0.5, 0.6) is 0 Å². The average Bonchev–Trinajstić information content (AvgIpc) is 2.34. The highest BCUT2D eigenvalue weighted by molar-refractivity contribution is 5.87. The fraction of sp³-hybridized carbons (Fsp3) is 0.385. The number of urea groups is 1. The van der Waals surface area contributed by atoms with E-state index in [9.17, 15) is 4.79 Å². The standard InChI is InChI=1S/C13H19N3O/c1-2-3-9-12(15-16-13(14)17)10-11-7-5-4-6-8-11/h4-8H,2-3,9-10H2,1H3,(H3,14,16,17)/b15-12+. The Bertz CT molecular complexity index is 374. The van der Waals surface area contributed by atoms with Gasteiger partial charge in [-0.15, -0.1) is 0 Å². The summed E-state index contributed by atoms with van der Waals surface area (Å²) < 4.78 is 0. The number of nitrogens with two attached hydrogens (primary N) is 1. The molecule has 4 heteroatoms. The molecule has 1 aromatic carbocycles. The van der Waals surface area contributed by atoms with Crippen LogP contribution in [0.15, 0.2) is 35.4 Å². The summed E-state index contributed by atoms with van der Waals surface area (Å²) in [5.41, 5.74) is 9.45. The average molecular weight is 233 g/mol. The van der Waals surface area contributed by atoms with Crippen molar-refractivity contribution in [1.29, 1.82) is 0 Å². The molecule has 0 spiro atoms. The van der Waals surface area contributed by atoms with Crippen LogP contribution in [0.4, 0.5) is 4.79 Å². The van der Waals surface area contributed by atoms with E-state index in [1.54, 1.807) is 0 Å². The van der Waals surface area contributed by atoms with Crippen LogP contribution in [0.3, 0.4) is 0 Å². The van der Waals surface area contributed by atoms with E-state index < -0.39 is 6.03 Å². The van der Waals surface area contributed by atoms with Crippen molar-refractivity contribution < 1.29 is 4.79 Å². The van der Waals surface area contributed by atoms with Gasteiger partial charge in [-0.3, -0.25) is 0 Å². The minimum Gasteiger partial charge on any atom is -0.350 e. The lowest BCUT2D eigenvalue weighted by Crippen LogP contribution is -2.26. The number of hydrazone groups is 1. The summed E-state index contributed by atoms with van der Waals surface area (Å²) in [5, 5.41) is 4.05. The first-order chi connectivity index (χ1) is 8.22. The molecule has 0 aliphatic rings. The number of benzene rings is 1. The third kappa shape index (κ3) is 5.70. The highest BCUT2D eigenvalue weighted by Crippen LogP contribution is 2.05. The largest absolute Gasteiger partial charge is 0.350 e. The molecule has 0 aromatic heterocycles. The molecule has 0 aliphatic heterocycles. The van der Waals surface area contributed by atoms with Gasteiger partial charge in [-0.2, -0.15) is 5.10 Å². The number of hydrogen-bond donors (Lipinski definition) is 2. The summed E-state index contributed by atoms with van der Waals surface area (Å²) >= 11 is 0. The second-order valence-electron chi connectivity index (χ2n) is 3.92. The number of primary amides is 1. The van der Waals surface area contributed by atoms with Crippen molar-refractivity contribution in [3.63, 3.8) is 0 Å². The molecule has 0 saturated carbocycles. The van der Waals surface area contributed by atoms with Crippen molar-refractivity contribution in [3.05, 3.63) is 35.9 Å². The normalized spacial score (nSPS) is 11.2. The number of hydrogen-bond acceptors (Lipinski definition) is 2. The molecule has 0 aliphatic carbocycles. The predicted molar refractivity (Wildman–Crippen MR) is 69.8 cm³/mol. The van der Waals surface area contributed by atoms with Crippen LogP contribution in [-0.4, -0.2) is 11.7 Å². The van der Waals surface area contributed by atoms with E-state index in [1.807, 2.05) is 30.3 Å². The lowest BCUT2D eigenvalue weighted by molar-refractivity contribution is 0.249. The van der Waals surface area contributed by atoms with Crippen LogP contribution < -0.4 is 11.2 Å². The van der Waals surface area contributed by atoms with E-state index in [-0.39, 0.29) is 0 Å². The molecule has 0 saturated heterocycles. The molecule has 0 atom stereocenters. The van der Waals surface area contributed by atoms with Gasteiger partial charge < -0.3 is 5.73 Å². The van der Waals surface area contributed by atoms with Crippen LogP contribution in [0.1, 0.15) is 31.7 Å². The number of rotatable bonds is 6. The summed E-state index contributed by atoms with van der Waals surface area (Å²) in [6.07, 6.45) is 3.79. The SMILES string of the molecule is CCCC/C(Cc1ccccc1)=N\NC(N)=O. The number of carbonyl (C=O) groups excluding carboxylic acids is 1. The Hall–Kier alpha value is -1.84. The summed E-state index contributed by atoms with van der Waals surface area (Å²) in [4.78, 5) is 10.6. The molecule has 3 N–H and O–H groups in total. The highest BCUT2D eigenvalue weighted by atomic mass is 16.2. The van der Waals surface area contributed by atoms with Gasteiger partial charge in [0.2, 0.25) is 0 Å².